The molecule has 0 bridgehead atoms. The first-order valence-electron chi connectivity index (χ1n) is 6.39. The van der Waals surface area contributed by atoms with Gasteiger partial charge in [0.2, 0.25) is 5.91 Å². The molecule has 0 saturated heterocycles. The molecular formula is C14H22N2O2. The number of rotatable bonds is 7. The zero-order chi connectivity index (χ0) is 13.4. The molecule has 1 aromatic rings. The lowest BCUT2D eigenvalue weighted by molar-refractivity contribution is -0.115. The molecule has 18 heavy (non-hydrogen) atoms. The molecule has 0 atom stereocenters. The van der Waals surface area contributed by atoms with Gasteiger partial charge in [0.25, 0.3) is 0 Å². The van der Waals surface area contributed by atoms with Crippen LogP contribution in [0.5, 0.6) is 5.75 Å². The highest BCUT2D eigenvalue weighted by molar-refractivity contribution is 5.92. The van der Waals surface area contributed by atoms with Crippen LogP contribution in [0.3, 0.4) is 0 Å². The van der Waals surface area contributed by atoms with Gasteiger partial charge in [0.1, 0.15) is 5.75 Å². The summed E-state index contributed by atoms with van der Waals surface area (Å²) in [6.45, 7) is 7.20. The van der Waals surface area contributed by atoms with E-state index in [1.807, 2.05) is 38.1 Å². The first-order valence-corrected chi connectivity index (χ1v) is 6.39. The number of carbonyl (C=O) groups excluding carboxylic acids is 1. The lowest BCUT2D eigenvalue weighted by Crippen LogP contribution is -2.28. The predicted octanol–water partition coefficient (Wildman–Crippen LogP) is 2.41. The Hall–Kier alpha value is -1.55. The van der Waals surface area contributed by atoms with Gasteiger partial charge >= 0.3 is 0 Å². The van der Waals surface area contributed by atoms with Crippen molar-refractivity contribution in [1.82, 2.24) is 5.32 Å². The predicted molar refractivity (Wildman–Crippen MR) is 74.0 cm³/mol. The van der Waals surface area contributed by atoms with Crippen molar-refractivity contribution in [3.05, 3.63) is 24.3 Å². The van der Waals surface area contributed by atoms with Gasteiger partial charge in [0.15, 0.2) is 0 Å². The van der Waals surface area contributed by atoms with Crippen molar-refractivity contribution in [2.75, 3.05) is 18.4 Å². The molecule has 0 aliphatic heterocycles. The van der Waals surface area contributed by atoms with E-state index in [9.17, 15) is 4.79 Å². The van der Waals surface area contributed by atoms with Crippen LogP contribution in [0.15, 0.2) is 24.3 Å². The number of ether oxygens (including phenoxy) is 1. The Morgan fingerprint density at radius 1 is 1.39 bits per heavy atom. The molecule has 1 amide bonds. The van der Waals surface area contributed by atoms with Gasteiger partial charge in [-0.15, -0.1) is 0 Å². The minimum absolute atomic E-state index is 0.0369. The maximum atomic E-state index is 11.6. The normalized spacial score (nSPS) is 10.4. The second-order valence-electron chi connectivity index (χ2n) is 4.42. The van der Waals surface area contributed by atoms with Crippen molar-refractivity contribution in [1.29, 1.82) is 0 Å². The molecule has 4 nitrogen and oxygen atoms in total. The molecule has 0 saturated carbocycles. The summed E-state index contributed by atoms with van der Waals surface area (Å²) in [6, 6.07) is 7.43. The summed E-state index contributed by atoms with van der Waals surface area (Å²) in [5.74, 6) is 0.731. The summed E-state index contributed by atoms with van der Waals surface area (Å²) in [6.07, 6.45) is 1.15. The summed E-state index contributed by atoms with van der Waals surface area (Å²) < 4.78 is 5.57. The maximum absolute atomic E-state index is 11.6. The number of hydrogen-bond donors (Lipinski definition) is 2. The van der Waals surface area contributed by atoms with Crippen molar-refractivity contribution >= 4 is 11.6 Å². The standard InChI is InChI=1S/C14H22N2O2/c1-4-8-15-10-14(17)16-12-6-5-7-13(9-12)18-11(2)3/h5-7,9,11,15H,4,8,10H2,1-3H3,(H,16,17). The molecule has 1 aromatic carbocycles. The third-order valence-corrected chi connectivity index (χ3v) is 2.20. The van der Waals surface area contributed by atoms with E-state index in [4.69, 9.17) is 4.74 Å². The Bertz CT molecular complexity index is 378. The Balaban J connectivity index is 2.48. The van der Waals surface area contributed by atoms with Crippen LogP contribution in [0.2, 0.25) is 0 Å². The van der Waals surface area contributed by atoms with Crippen LogP contribution in [0.4, 0.5) is 5.69 Å². The van der Waals surface area contributed by atoms with Crippen molar-refractivity contribution in [3.63, 3.8) is 0 Å². The minimum atomic E-state index is -0.0369. The molecule has 0 unspecified atom stereocenters. The molecule has 0 aliphatic carbocycles. The molecule has 0 aliphatic rings. The Morgan fingerprint density at radius 3 is 2.83 bits per heavy atom. The monoisotopic (exact) mass is 250 g/mol. The van der Waals surface area contributed by atoms with E-state index in [2.05, 4.69) is 17.6 Å². The summed E-state index contributed by atoms with van der Waals surface area (Å²) >= 11 is 0. The van der Waals surface area contributed by atoms with Crippen molar-refractivity contribution in [2.24, 2.45) is 0 Å². The van der Waals surface area contributed by atoms with Crippen LogP contribution in [0, 0.1) is 0 Å². The fourth-order valence-corrected chi connectivity index (χ4v) is 1.50. The molecule has 0 fully saturated rings. The van der Waals surface area contributed by atoms with Crippen LogP contribution in [-0.4, -0.2) is 25.1 Å². The number of carbonyl (C=O) groups is 1. The number of nitrogens with one attached hydrogen (secondary N) is 2. The van der Waals surface area contributed by atoms with Crippen molar-refractivity contribution in [2.45, 2.75) is 33.3 Å². The molecule has 0 heterocycles. The van der Waals surface area contributed by atoms with Crippen LogP contribution < -0.4 is 15.4 Å². The summed E-state index contributed by atoms with van der Waals surface area (Å²) in [4.78, 5) is 11.6. The van der Waals surface area contributed by atoms with Gasteiger partial charge in [-0.2, -0.15) is 0 Å². The van der Waals surface area contributed by atoms with Gasteiger partial charge in [-0.05, 0) is 38.9 Å². The smallest absolute Gasteiger partial charge is 0.238 e. The molecule has 2 N–H and O–H groups in total. The quantitative estimate of drug-likeness (QED) is 0.731. The van der Waals surface area contributed by atoms with Gasteiger partial charge in [-0.25, -0.2) is 0 Å². The van der Waals surface area contributed by atoms with E-state index in [-0.39, 0.29) is 12.0 Å². The first-order chi connectivity index (χ1) is 8.61. The van der Waals surface area contributed by atoms with Gasteiger partial charge < -0.3 is 15.4 Å². The number of anilines is 1. The molecule has 4 heteroatoms. The molecule has 1 rings (SSSR count). The Kier molecular flexibility index (Phi) is 6.22. The highest BCUT2D eigenvalue weighted by Crippen LogP contribution is 2.18. The van der Waals surface area contributed by atoms with Crippen LogP contribution in [0.1, 0.15) is 27.2 Å². The zero-order valence-corrected chi connectivity index (χ0v) is 11.3. The van der Waals surface area contributed by atoms with E-state index < -0.39 is 0 Å². The van der Waals surface area contributed by atoms with Crippen LogP contribution in [-0.2, 0) is 4.79 Å². The van der Waals surface area contributed by atoms with E-state index in [0.29, 0.717) is 6.54 Å². The highest BCUT2D eigenvalue weighted by atomic mass is 16.5. The summed E-state index contributed by atoms with van der Waals surface area (Å²) in [5, 5.41) is 5.89. The largest absolute Gasteiger partial charge is 0.491 e. The second kappa shape index (κ2) is 7.71. The lowest BCUT2D eigenvalue weighted by atomic mass is 10.3. The fourth-order valence-electron chi connectivity index (χ4n) is 1.50. The molecular weight excluding hydrogens is 228 g/mol. The highest BCUT2D eigenvalue weighted by Gasteiger charge is 2.03. The average molecular weight is 250 g/mol. The molecule has 0 radical (unpaired) electrons. The van der Waals surface area contributed by atoms with E-state index in [0.717, 1.165) is 24.4 Å². The van der Waals surface area contributed by atoms with Gasteiger partial charge in [0, 0.05) is 11.8 Å². The third-order valence-electron chi connectivity index (χ3n) is 2.20. The molecule has 100 valence electrons. The summed E-state index contributed by atoms with van der Waals surface area (Å²) in [7, 11) is 0. The van der Waals surface area contributed by atoms with Crippen molar-refractivity contribution in [3.8, 4) is 5.75 Å². The van der Waals surface area contributed by atoms with E-state index in [1.165, 1.54) is 0 Å². The Labute approximate surface area is 109 Å². The van der Waals surface area contributed by atoms with Crippen LogP contribution >= 0.6 is 0 Å². The lowest BCUT2D eigenvalue weighted by Gasteiger charge is -2.11. The van der Waals surface area contributed by atoms with E-state index >= 15 is 0 Å². The van der Waals surface area contributed by atoms with Crippen molar-refractivity contribution < 1.29 is 9.53 Å². The third kappa shape index (κ3) is 5.68. The fraction of sp³-hybridized carbons (Fsp3) is 0.500. The van der Waals surface area contributed by atoms with Gasteiger partial charge in [0.05, 0.1) is 12.6 Å². The first kappa shape index (κ1) is 14.5. The van der Waals surface area contributed by atoms with Gasteiger partial charge in [-0.3, -0.25) is 4.79 Å². The number of amides is 1. The number of hydrogen-bond acceptors (Lipinski definition) is 3. The Morgan fingerprint density at radius 2 is 2.17 bits per heavy atom. The average Bonchev–Trinajstić information content (AvgIpc) is 2.28. The molecule has 0 spiro atoms. The number of benzene rings is 1. The summed E-state index contributed by atoms with van der Waals surface area (Å²) in [5.41, 5.74) is 0.761. The molecule has 0 aromatic heterocycles. The van der Waals surface area contributed by atoms with Crippen LogP contribution in [0.25, 0.3) is 0 Å². The van der Waals surface area contributed by atoms with Gasteiger partial charge in [-0.1, -0.05) is 13.0 Å². The topological polar surface area (TPSA) is 50.4 Å². The zero-order valence-electron chi connectivity index (χ0n) is 11.3. The van der Waals surface area contributed by atoms with E-state index in [1.54, 1.807) is 0 Å². The minimum Gasteiger partial charge on any atom is -0.491 e. The SMILES string of the molecule is CCCNCC(=O)Nc1cccc(OC(C)C)c1. The second-order valence-corrected chi connectivity index (χ2v) is 4.42. The maximum Gasteiger partial charge on any atom is 0.238 e.